The van der Waals surface area contributed by atoms with Crippen LogP contribution in [0.3, 0.4) is 0 Å². The average Bonchev–Trinajstić information content (AvgIpc) is 2.95. The van der Waals surface area contributed by atoms with Crippen LogP contribution in [0.25, 0.3) is 0 Å². The van der Waals surface area contributed by atoms with Crippen molar-refractivity contribution in [3.63, 3.8) is 0 Å². The molecule has 3 heteroatoms. The van der Waals surface area contributed by atoms with E-state index in [0.29, 0.717) is 18.5 Å². The summed E-state index contributed by atoms with van der Waals surface area (Å²) in [6.45, 7) is 2.04. The number of hydrogen-bond acceptors (Lipinski definition) is 3. The van der Waals surface area contributed by atoms with E-state index in [9.17, 15) is 9.90 Å². The van der Waals surface area contributed by atoms with Gasteiger partial charge in [0.05, 0.1) is 5.60 Å². The summed E-state index contributed by atoms with van der Waals surface area (Å²) in [7, 11) is 0. The van der Waals surface area contributed by atoms with E-state index in [0.717, 1.165) is 44.1 Å². The first-order valence-electron chi connectivity index (χ1n) is 10.3. The maximum atomic E-state index is 12.1. The quantitative estimate of drug-likeness (QED) is 0.751. The summed E-state index contributed by atoms with van der Waals surface area (Å²) in [5.41, 5.74) is 2.61. The van der Waals surface area contributed by atoms with Gasteiger partial charge in [-0.15, -0.1) is 0 Å². The molecule has 2 aromatic rings. The third-order valence-electron chi connectivity index (χ3n) is 6.19. The van der Waals surface area contributed by atoms with Crippen LogP contribution >= 0.6 is 0 Å². The summed E-state index contributed by atoms with van der Waals surface area (Å²) in [6.07, 6.45) is 6.14. The molecule has 2 fully saturated rings. The van der Waals surface area contributed by atoms with E-state index >= 15 is 0 Å². The third kappa shape index (κ3) is 3.79. The molecule has 2 heterocycles. The van der Waals surface area contributed by atoms with Crippen LogP contribution < -0.4 is 4.90 Å². The lowest BCUT2D eigenvalue weighted by atomic mass is 9.81. The van der Waals surface area contributed by atoms with Crippen LogP contribution in [0, 0.1) is 0 Å². The maximum absolute atomic E-state index is 12.1. The van der Waals surface area contributed by atoms with Gasteiger partial charge in [0, 0.05) is 36.2 Å². The molecular weight excluding hydrogens is 334 g/mol. The zero-order chi connectivity index (χ0) is 18.9. The fourth-order valence-corrected chi connectivity index (χ4v) is 5.06. The number of nitrogens with zero attached hydrogens (tertiary/aromatic N) is 1. The Kier molecular flexibility index (Phi) is 5.05. The zero-order valence-electron chi connectivity index (χ0n) is 16.1. The molecule has 3 nitrogen and oxygen atoms in total. The molecule has 0 radical (unpaired) electrons. The molecule has 27 heavy (non-hydrogen) atoms. The fourth-order valence-electron chi connectivity index (χ4n) is 5.06. The SMILES string of the molecule is CCCC(=O)c1ccc(N2C3CCC2CC(O)(Cc2ccccc2)C3)cc1. The molecule has 2 bridgehead atoms. The van der Waals surface area contributed by atoms with Crippen molar-refractivity contribution in [1.82, 2.24) is 0 Å². The molecule has 2 saturated heterocycles. The highest BCUT2D eigenvalue weighted by molar-refractivity contribution is 5.96. The summed E-state index contributed by atoms with van der Waals surface area (Å²) >= 11 is 0. The number of rotatable bonds is 6. The molecular formula is C24H29NO2. The molecule has 142 valence electrons. The molecule has 2 aromatic carbocycles. The van der Waals surface area contributed by atoms with Crippen LogP contribution in [0.1, 0.15) is 61.4 Å². The number of aliphatic hydroxyl groups is 1. The summed E-state index contributed by atoms with van der Waals surface area (Å²) in [5, 5.41) is 11.3. The molecule has 0 aromatic heterocycles. The normalized spacial score (nSPS) is 27.0. The number of fused-ring (bicyclic) bond motifs is 2. The molecule has 2 aliphatic rings. The Bertz CT molecular complexity index is 770. The molecule has 1 N–H and O–H groups in total. The smallest absolute Gasteiger partial charge is 0.162 e. The minimum atomic E-state index is -0.610. The lowest BCUT2D eigenvalue weighted by molar-refractivity contribution is 0.00214. The van der Waals surface area contributed by atoms with Crippen LogP contribution in [-0.4, -0.2) is 28.6 Å². The number of carbonyl (C=O) groups is 1. The van der Waals surface area contributed by atoms with E-state index in [4.69, 9.17) is 0 Å². The summed E-state index contributed by atoms with van der Waals surface area (Å²) < 4.78 is 0. The van der Waals surface area contributed by atoms with Crippen LogP contribution in [0.2, 0.25) is 0 Å². The van der Waals surface area contributed by atoms with Gasteiger partial charge in [-0.25, -0.2) is 0 Å². The second-order valence-electron chi connectivity index (χ2n) is 8.31. The number of hydrogen-bond donors (Lipinski definition) is 1. The maximum Gasteiger partial charge on any atom is 0.162 e. The largest absolute Gasteiger partial charge is 0.389 e. The second kappa shape index (κ2) is 7.47. The van der Waals surface area contributed by atoms with Crippen molar-refractivity contribution in [3.8, 4) is 0 Å². The number of piperidine rings is 1. The Morgan fingerprint density at radius 2 is 1.67 bits per heavy atom. The lowest BCUT2D eigenvalue weighted by Gasteiger charge is -2.45. The highest BCUT2D eigenvalue weighted by atomic mass is 16.3. The Labute approximate surface area is 162 Å². The van der Waals surface area contributed by atoms with Crippen molar-refractivity contribution in [2.24, 2.45) is 0 Å². The number of ketones is 1. The van der Waals surface area contributed by atoms with E-state index < -0.39 is 5.60 Å². The first-order valence-corrected chi connectivity index (χ1v) is 10.3. The Morgan fingerprint density at radius 3 is 2.26 bits per heavy atom. The minimum absolute atomic E-state index is 0.225. The van der Waals surface area contributed by atoms with Crippen molar-refractivity contribution >= 4 is 11.5 Å². The highest BCUT2D eigenvalue weighted by Crippen LogP contribution is 2.44. The number of benzene rings is 2. The molecule has 0 amide bonds. The zero-order valence-corrected chi connectivity index (χ0v) is 16.1. The first-order chi connectivity index (χ1) is 13.1. The van der Waals surface area contributed by atoms with E-state index in [1.807, 2.05) is 37.3 Å². The lowest BCUT2D eigenvalue weighted by Crippen LogP contribution is -2.52. The minimum Gasteiger partial charge on any atom is -0.389 e. The number of anilines is 1. The van der Waals surface area contributed by atoms with E-state index in [1.54, 1.807) is 0 Å². The molecule has 2 aliphatic heterocycles. The van der Waals surface area contributed by atoms with Crippen molar-refractivity contribution in [2.75, 3.05) is 4.90 Å². The van der Waals surface area contributed by atoms with Gasteiger partial charge in [-0.3, -0.25) is 4.79 Å². The van der Waals surface area contributed by atoms with Gasteiger partial charge in [-0.1, -0.05) is 37.3 Å². The van der Waals surface area contributed by atoms with Gasteiger partial charge in [0.15, 0.2) is 5.78 Å². The molecule has 2 atom stereocenters. The molecule has 0 aliphatic carbocycles. The molecule has 0 saturated carbocycles. The summed E-state index contributed by atoms with van der Waals surface area (Å²) in [6, 6.07) is 19.2. The number of carbonyl (C=O) groups excluding carboxylic acids is 1. The van der Waals surface area contributed by atoms with Gasteiger partial charge >= 0.3 is 0 Å². The van der Waals surface area contributed by atoms with Crippen LogP contribution in [0.5, 0.6) is 0 Å². The third-order valence-corrected chi connectivity index (χ3v) is 6.19. The average molecular weight is 364 g/mol. The summed E-state index contributed by atoms with van der Waals surface area (Å²) in [4.78, 5) is 14.6. The highest BCUT2D eigenvalue weighted by Gasteiger charge is 2.47. The van der Waals surface area contributed by atoms with Gasteiger partial charge in [0.2, 0.25) is 0 Å². The van der Waals surface area contributed by atoms with Gasteiger partial charge in [-0.2, -0.15) is 0 Å². The predicted octanol–water partition coefficient (Wildman–Crippen LogP) is 4.77. The predicted molar refractivity (Wildman–Crippen MR) is 109 cm³/mol. The second-order valence-corrected chi connectivity index (χ2v) is 8.31. The summed E-state index contributed by atoms with van der Waals surface area (Å²) in [5.74, 6) is 0.225. The Morgan fingerprint density at radius 1 is 1.04 bits per heavy atom. The van der Waals surface area contributed by atoms with Crippen molar-refractivity contribution in [3.05, 3.63) is 65.7 Å². The van der Waals surface area contributed by atoms with Crippen molar-refractivity contribution in [1.29, 1.82) is 0 Å². The Balaban J connectivity index is 1.48. The van der Waals surface area contributed by atoms with Gasteiger partial charge in [0.1, 0.15) is 0 Å². The first kappa shape index (κ1) is 18.2. The monoisotopic (exact) mass is 363 g/mol. The van der Waals surface area contributed by atoms with Crippen molar-refractivity contribution in [2.45, 2.75) is 69.6 Å². The van der Waals surface area contributed by atoms with Crippen LogP contribution in [-0.2, 0) is 6.42 Å². The molecule has 2 unspecified atom stereocenters. The Hall–Kier alpha value is -2.13. The fraction of sp³-hybridized carbons (Fsp3) is 0.458. The van der Waals surface area contributed by atoms with Gasteiger partial charge in [-0.05, 0) is 61.9 Å². The van der Waals surface area contributed by atoms with E-state index in [-0.39, 0.29) is 5.78 Å². The van der Waals surface area contributed by atoms with Crippen LogP contribution in [0.15, 0.2) is 54.6 Å². The molecule has 0 spiro atoms. The number of Topliss-reactive ketones (excluding diaryl/α,β-unsaturated/α-hetero) is 1. The van der Waals surface area contributed by atoms with Crippen LogP contribution in [0.4, 0.5) is 5.69 Å². The van der Waals surface area contributed by atoms with Gasteiger partial charge in [0.25, 0.3) is 0 Å². The van der Waals surface area contributed by atoms with E-state index in [1.165, 1.54) is 11.3 Å². The molecule has 4 rings (SSSR count). The van der Waals surface area contributed by atoms with Gasteiger partial charge < -0.3 is 10.0 Å². The van der Waals surface area contributed by atoms with Crippen molar-refractivity contribution < 1.29 is 9.90 Å². The topological polar surface area (TPSA) is 40.5 Å². The standard InChI is InChI=1S/C24H29NO2/c1-2-6-23(26)19-9-11-20(12-10-19)25-21-13-14-22(25)17-24(27,16-21)15-18-7-4-3-5-8-18/h3-5,7-12,21-22,27H,2,6,13-17H2,1H3. The van der Waals surface area contributed by atoms with E-state index in [2.05, 4.69) is 29.2 Å².